The first-order valence-corrected chi connectivity index (χ1v) is 16.1. The van der Waals surface area contributed by atoms with E-state index in [-0.39, 0.29) is 31.0 Å². The van der Waals surface area contributed by atoms with Gasteiger partial charge in [0.2, 0.25) is 23.4 Å². The number of nitrogens with one attached hydrogen (secondary N) is 2. The number of carbonyl (C=O) groups excluding carboxylic acids is 5. The Morgan fingerprint density at radius 3 is 2.10 bits per heavy atom. The number of halogens is 3. The molecule has 5 N–H and O–H groups in total. The van der Waals surface area contributed by atoms with Crippen LogP contribution in [0.2, 0.25) is 0 Å². The summed E-state index contributed by atoms with van der Waals surface area (Å²) in [5.74, 6) is -5.33. The molecule has 5 atom stereocenters. The summed E-state index contributed by atoms with van der Waals surface area (Å²) in [6.07, 6.45) is -9.52. The van der Waals surface area contributed by atoms with Crippen molar-refractivity contribution in [2.75, 3.05) is 0 Å². The molecule has 2 unspecified atom stereocenters. The zero-order valence-corrected chi connectivity index (χ0v) is 28.0. The van der Waals surface area contributed by atoms with Gasteiger partial charge in [-0.2, -0.15) is 23.4 Å². The summed E-state index contributed by atoms with van der Waals surface area (Å²) in [6.45, 7) is 6.77. The summed E-state index contributed by atoms with van der Waals surface area (Å²) in [5, 5.41) is 22.7. The van der Waals surface area contributed by atoms with Crippen molar-refractivity contribution >= 4 is 29.3 Å². The van der Waals surface area contributed by atoms with Crippen LogP contribution >= 0.6 is 0 Å². The van der Waals surface area contributed by atoms with Crippen LogP contribution in [-0.2, 0) is 42.5 Å². The van der Waals surface area contributed by atoms with Crippen molar-refractivity contribution in [1.82, 2.24) is 10.6 Å². The van der Waals surface area contributed by atoms with E-state index in [1.807, 2.05) is 31.2 Å². The number of aliphatic hydroxyl groups excluding tert-OH is 1. The van der Waals surface area contributed by atoms with E-state index in [2.05, 4.69) is 20.9 Å². The van der Waals surface area contributed by atoms with Crippen LogP contribution < -0.4 is 16.4 Å². The number of rotatable bonds is 19. The van der Waals surface area contributed by atoms with E-state index in [4.69, 9.17) is 5.73 Å². The fourth-order valence-electron chi connectivity index (χ4n) is 5.41. The summed E-state index contributed by atoms with van der Waals surface area (Å²) in [7, 11) is 0. The minimum Gasteiger partial charge on any atom is -0.382 e. The van der Waals surface area contributed by atoms with Gasteiger partial charge in [-0.3, -0.25) is 24.0 Å². The van der Waals surface area contributed by atoms with Crippen molar-refractivity contribution in [1.29, 1.82) is 0 Å². The predicted octanol–water partition coefficient (Wildman–Crippen LogP) is 4.10. The number of hydrogen-bond acceptors (Lipinski definition) is 8. The molecule has 2 aromatic carbocycles. The highest BCUT2D eigenvalue weighted by Gasteiger charge is 2.44. The van der Waals surface area contributed by atoms with Crippen LogP contribution in [0.25, 0.3) is 0 Å². The van der Waals surface area contributed by atoms with Crippen molar-refractivity contribution < 1.29 is 42.3 Å². The topological polar surface area (TPSA) is 180 Å². The number of hydrogen-bond donors (Lipinski definition) is 4. The second kappa shape index (κ2) is 16.8. The smallest absolute Gasteiger partial charge is 0.382 e. The van der Waals surface area contributed by atoms with Gasteiger partial charge in [-0.15, -0.1) is 0 Å². The van der Waals surface area contributed by atoms with Crippen molar-refractivity contribution in [2.24, 2.45) is 33.7 Å². The van der Waals surface area contributed by atoms with Gasteiger partial charge in [-0.25, -0.2) is 0 Å². The molecule has 3 amide bonds. The third-order valence-corrected chi connectivity index (χ3v) is 8.55. The van der Waals surface area contributed by atoms with Crippen molar-refractivity contribution in [3.8, 4) is 0 Å². The average Bonchev–Trinajstić information content (AvgIpc) is 3.79. The first kappa shape index (κ1) is 39.0. The zero-order valence-electron chi connectivity index (χ0n) is 28.0. The van der Waals surface area contributed by atoms with E-state index < -0.39 is 84.6 Å². The molecular formula is C35H44F3N5O6. The molecule has 11 nitrogen and oxygen atoms in total. The molecule has 0 fully saturated rings. The van der Waals surface area contributed by atoms with Crippen LogP contribution in [0.4, 0.5) is 13.2 Å². The van der Waals surface area contributed by atoms with Gasteiger partial charge < -0.3 is 21.5 Å². The lowest BCUT2D eigenvalue weighted by Gasteiger charge is -2.27. The third kappa shape index (κ3) is 11.9. The Balaban J connectivity index is 1.71. The van der Waals surface area contributed by atoms with Crippen LogP contribution in [-0.4, -0.2) is 58.8 Å². The molecule has 266 valence electrons. The molecule has 1 aliphatic heterocycles. The van der Waals surface area contributed by atoms with Gasteiger partial charge in [-0.05, 0) is 36.8 Å². The van der Waals surface area contributed by atoms with E-state index in [0.29, 0.717) is 5.56 Å². The number of ketones is 2. The fourth-order valence-corrected chi connectivity index (χ4v) is 5.41. The average molecular weight is 688 g/mol. The molecule has 1 heterocycles. The second-order valence-electron chi connectivity index (χ2n) is 13.1. The Hall–Kier alpha value is -4.46. The molecule has 49 heavy (non-hydrogen) atoms. The van der Waals surface area contributed by atoms with E-state index in [9.17, 15) is 42.3 Å². The van der Waals surface area contributed by atoms with Crippen LogP contribution in [0.3, 0.4) is 0 Å². The second-order valence-corrected chi connectivity index (χ2v) is 13.1. The summed E-state index contributed by atoms with van der Waals surface area (Å²) in [5.41, 5.74) is 6.77. The Morgan fingerprint density at radius 2 is 1.53 bits per heavy atom. The predicted molar refractivity (Wildman–Crippen MR) is 174 cm³/mol. The van der Waals surface area contributed by atoms with Crippen LogP contribution in [0.5, 0.6) is 0 Å². The fraction of sp³-hybridized carbons (Fsp3) is 0.514. The third-order valence-electron chi connectivity index (χ3n) is 8.55. The highest BCUT2D eigenvalue weighted by atomic mass is 19.4. The number of Topliss-reactive ketones (excluding diaryl/α,β-unsaturated/α-hetero) is 2. The zero-order chi connectivity index (χ0) is 36.5. The monoisotopic (exact) mass is 687 g/mol. The highest BCUT2D eigenvalue weighted by Crippen LogP contribution is 2.39. The van der Waals surface area contributed by atoms with Gasteiger partial charge >= 0.3 is 6.18 Å². The number of carbonyl (C=O) groups is 5. The molecule has 0 saturated heterocycles. The molecule has 0 aliphatic carbocycles. The summed E-state index contributed by atoms with van der Waals surface area (Å²) >= 11 is 0. The standard InChI is InChI=1S/C35H44F3N5O6/c1-20(2)26(19-25(44)17-23-11-8-12-24(16-23)34(4)42-43-34)33(49)41-28(18-22-9-6-5-7-10-22)29(45)15-21(3)32(48)40-27(13-14-30(39)46)31(47)35(36,37)38/h5-12,16,20-21,26-28,31,47H,13-15,17-19H2,1-4H3,(H2,39,46)(H,40,48)(H,41,49)/t21-,26+,27?,28+,31?/m1/s1. The van der Waals surface area contributed by atoms with Gasteiger partial charge in [0, 0.05) is 43.1 Å². The lowest BCUT2D eigenvalue weighted by atomic mass is 9.87. The van der Waals surface area contributed by atoms with Gasteiger partial charge in [0.25, 0.3) is 0 Å². The van der Waals surface area contributed by atoms with Gasteiger partial charge in [0.1, 0.15) is 5.78 Å². The van der Waals surface area contributed by atoms with E-state index in [1.165, 1.54) is 6.92 Å². The first-order valence-electron chi connectivity index (χ1n) is 16.1. The maximum Gasteiger partial charge on any atom is 0.416 e. The van der Waals surface area contributed by atoms with E-state index in [0.717, 1.165) is 11.1 Å². The largest absolute Gasteiger partial charge is 0.416 e. The number of aliphatic hydroxyl groups is 1. The number of alkyl halides is 3. The van der Waals surface area contributed by atoms with Gasteiger partial charge in [0.15, 0.2) is 11.9 Å². The lowest BCUT2D eigenvalue weighted by molar-refractivity contribution is -0.213. The van der Waals surface area contributed by atoms with Crippen molar-refractivity contribution in [2.45, 2.75) is 96.2 Å². The molecule has 0 bridgehead atoms. The molecule has 0 spiro atoms. The molecular weight excluding hydrogens is 643 g/mol. The maximum atomic E-state index is 13.6. The summed E-state index contributed by atoms with van der Waals surface area (Å²) in [4.78, 5) is 64.5. The molecule has 0 radical (unpaired) electrons. The van der Waals surface area contributed by atoms with Gasteiger partial charge in [0.05, 0.1) is 12.1 Å². The molecule has 1 aliphatic rings. The minimum absolute atomic E-state index is 0.0637. The highest BCUT2D eigenvalue weighted by molar-refractivity contribution is 5.94. The van der Waals surface area contributed by atoms with Crippen LogP contribution in [0, 0.1) is 17.8 Å². The molecule has 14 heteroatoms. The number of primary amides is 1. The SMILES string of the molecule is CC(C)[C@H](CC(=O)Cc1cccc(C2(C)N=N2)c1)C(=O)N[C@@H](Cc1ccccc1)C(=O)C[C@@H](C)C(=O)NC(CCC(N)=O)C(O)C(F)(F)F. The number of amides is 3. The molecule has 0 aromatic heterocycles. The number of nitrogens with zero attached hydrogens (tertiary/aromatic N) is 2. The Bertz CT molecular complexity index is 1530. The molecule has 0 saturated carbocycles. The van der Waals surface area contributed by atoms with Gasteiger partial charge in [-0.1, -0.05) is 75.4 Å². The molecule has 3 rings (SSSR count). The summed E-state index contributed by atoms with van der Waals surface area (Å²) < 4.78 is 39.8. The van der Waals surface area contributed by atoms with Crippen molar-refractivity contribution in [3.63, 3.8) is 0 Å². The quantitative estimate of drug-likeness (QED) is 0.173. The Kier molecular flexibility index (Phi) is 13.3. The normalized spacial score (nSPS) is 16.6. The number of benzene rings is 2. The van der Waals surface area contributed by atoms with Crippen LogP contribution in [0.1, 0.15) is 70.1 Å². The first-order chi connectivity index (χ1) is 22.9. The molecule has 2 aromatic rings. The lowest BCUT2D eigenvalue weighted by Crippen LogP contribution is -2.52. The Morgan fingerprint density at radius 1 is 0.898 bits per heavy atom. The maximum absolute atomic E-state index is 13.6. The Labute approximate surface area is 283 Å². The number of nitrogens with two attached hydrogens (primary N) is 1. The van der Waals surface area contributed by atoms with Crippen molar-refractivity contribution in [3.05, 3.63) is 71.3 Å². The van der Waals surface area contributed by atoms with E-state index >= 15 is 0 Å². The van der Waals surface area contributed by atoms with Crippen LogP contribution in [0.15, 0.2) is 64.8 Å². The minimum atomic E-state index is -5.08. The summed E-state index contributed by atoms with van der Waals surface area (Å²) in [6, 6.07) is 13.2. The van der Waals surface area contributed by atoms with E-state index in [1.54, 1.807) is 44.2 Å².